The van der Waals surface area contributed by atoms with Crippen molar-refractivity contribution in [3.05, 3.63) is 24.3 Å². The topological polar surface area (TPSA) is 105 Å². The van der Waals surface area contributed by atoms with Gasteiger partial charge in [-0.15, -0.1) is 0 Å². The number of alkyl halides is 1. The van der Waals surface area contributed by atoms with Gasteiger partial charge < -0.3 is 16.2 Å². The summed E-state index contributed by atoms with van der Waals surface area (Å²) in [6, 6.07) is 0.410. The van der Waals surface area contributed by atoms with E-state index in [1.165, 1.54) is 19.3 Å². The van der Waals surface area contributed by atoms with Gasteiger partial charge in [0.15, 0.2) is 5.17 Å². The first-order chi connectivity index (χ1) is 15.1. The maximum Gasteiger partial charge on any atom is 0.316 e. The van der Waals surface area contributed by atoms with Crippen LogP contribution in [-0.4, -0.2) is 43.3 Å². The van der Waals surface area contributed by atoms with Gasteiger partial charge >= 0.3 is 5.97 Å². The number of hydrogen-bond donors (Lipinski definition) is 3. The highest BCUT2D eigenvalue weighted by Crippen LogP contribution is 2.44. The highest BCUT2D eigenvalue weighted by molar-refractivity contribution is 9.10. The second kappa shape index (κ2) is 14.0. The molecule has 5 rings (SSSR count). The van der Waals surface area contributed by atoms with E-state index in [1.54, 1.807) is 18.7 Å². The van der Waals surface area contributed by atoms with Crippen LogP contribution >= 0.6 is 53.4 Å². The van der Waals surface area contributed by atoms with E-state index in [4.69, 9.17) is 23.1 Å². The Labute approximate surface area is 228 Å². The number of amides is 1. The minimum Gasteiger partial charge on any atom is -0.480 e. The number of nitrogens with zero attached hydrogens (tertiary/aromatic N) is 1. The molecule has 0 aromatic heterocycles. The first-order valence-electron chi connectivity index (χ1n) is 11.2. The lowest BCUT2D eigenvalue weighted by Crippen LogP contribution is -2.25. The lowest BCUT2D eigenvalue weighted by molar-refractivity contribution is -0.135. The monoisotopic (exact) mass is 591 g/mol. The Morgan fingerprint density at radius 2 is 1.79 bits per heavy atom. The molecular formula is C24H38BrN3O3S3. The van der Waals surface area contributed by atoms with Crippen LogP contribution in [0.3, 0.4) is 0 Å². The van der Waals surface area contributed by atoms with Crippen LogP contribution < -0.4 is 11.1 Å². The normalized spacial score (nSPS) is 35.3. The summed E-state index contributed by atoms with van der Waals surface area (Å²) in [6.45, 7) is 3.48. The van der Waals surface area contributed by atoms with Crippen LogP contribution in [-0.2, 0) is 9.59 Å². The zero-order chi connectivity index (χ0) is 23.4. The van der Waals surface area contributed by atoms with E-state index in [0.29, 0.717) is 16.9 Å². The zero-order valence-electron chi connectivity index (χ0n) is 18.9. The molecule has 0 aromatic carbocycles. The number of nitrogens with two attached hydrogens (primary N) is 1. The minimum atomic E-state index is -0.824. The van der Waals surface area contributed by atoms with E-state index in [-0.39, 0.29) is 32.1 Å². The van der Waals surface area contributed by atoms with Crippen LogP contribution in [0.15, 0.2) is 29.3 Å². The number of allylic oxidation sites excluding steroid dienone is 3. The third-order valence-corrected chi connectivity index (χ3v) is 8.19. The number of carbonyl (C=O) groups is 2. The zero-order valence-corrected chi connectivity index (χ0v) is 23.2. The van der Waals surface area contributed by atoms with Gasteiger partial charge in [0.1, 0.15) is 4.83 Å². The molecule has 192 valence electrons. The number of aliphatic carboxylic acids is 1. The van der Waals surface area contributed by atoms with Crippen molar-refractivity contribution in [1.29, 1.82) is 0 Å². The van der Waals surface area contributed by atoms with Crippen molar-refractivity contribution >= 4 is 75.4 Å². The number of thiocarbonyl (C=S) groups is 1. The van der Waals surface area contributed by atoms with Gasteiger partial charge in [0.2, 0.25) is 5.91 Å². The molecule has 1 amide bonds. The van der Waals surface area contributed by atoms with Gasteiger partial charge in [-0.05, 0) is 69.1 Å². The van der Waals surface area contributed by atoms with Crippen molar-refractivity contribution in [2.45, 2.75) is 69.5 Å². The number of aliphatic imine (C=N–C) groups is 1. The summed E-state index contributed by atoms with van der Waals surface area (Å²) in [5.41, 5.74) is 5.51. The highest BCUT2D eigenvalue weighted by atomic mass is 79.9. The molecule has 0 radical (unpaired) electrons. The Kier molecular flexibility index (Phi) is 12.9. The molecule has 4 bridgehead atoms. The number of halogens is 1. The van der Waals surface area contributed by atoms with Crippen molar-refractivity contribution in [1.82, 2.24) is 5.32 Å². The lowest BCUT2D eigenvalue weighted by Gasteiger charge is -2.16. The minimum absolute atomic E-state index is 0. The van der Waals surface area contributed by atoms with Gasteiger partial charge in [0, 0.05) is 6.42 Å². The molecule has 1 heterocycles. The molecule has 8 unspecified atom stereocenters. The maximum atomic E-state index is 11.3. The van der Waals surface area contributed by atoms with Gasteiger partial charge in [0.25, 0.3) is 0 Å². The summed E-state index contributed by atoms with van der Waals surface area (Å²) in [5, 5.41) is 11.6. The number of rotatable bonds is 4. The molecule has 3 fully saturated rings. The summed E-state index contributed by atoms with van der Waals surface area (Å²) in [4.78, 5) is 25.9. The number of fused-ring (bicyclic) bond motifs is 4. The van der Waals surface area contributed by atoms with Crippen molar-refractivity contribution in [3.63, 3.8) is 0 Å². The van der Waals surface area contributed by atoms with Crippen molar-refractivity contribution in [2.75, 3.05) is 0 Å². The van der Waals surface area contributed by atoms with Gasteiger partial charge in [-0.1, -0.05) is 71.6 Å². The van der Waals surface area contributed by atoms with Gasteiger partial charge in [-0.25, -0.2) is 0 Å². The number of carboxylic acids is 1. The Morgan fingerprint density at radius 3 is 2.15 bits per heavy atom. The number of carboxylic acid groups (broad SMARTS) is 1. The fourth-order valence-electron chi connectivity index (χ4n) is 4.96. The highest BCUT2D eigenvalue weighted by Gasteiger charge is 2.37. The molecule has 6 nitrogen and oxygen atoms in total. The summed E-state index contributed by atoms with van der Waals surface area (Å²) in [6.07, 6.45) is 15.3. The maximum absolute atomic E-state index is 11.3. The Bertz CT molecular complexity index is 834. The van der Waals surface area contributed by atoms with Crippen LogP contribution in [0.5, 0.6) is 0 Å². The molecule has 34 heavy (non-hydrogen) atoms. The molecule has 0 spiro atoms. The standard InChI is InChI=1S/C11H14N2OS.C9H13NS.C3H5BrO2.CH4.H2S/c1-6-10(14)13-11(15-6)12-9-5-7-2-3-8(9)4-7;10-9(11)5-8-4-6-1-2-7(8)3-6;1-2(4)3(5)6;;/h2-3,6-9H,4-5H2,1H3,(H,12,13,14);1-2,6-8H,3-5H2,(H2,10,11);2H,1H3,(H,5,6);1H4;1H2. The second-order valence-corrected chi connectivity index (χ2v) is 12.4. The van der Waals surface area contributed by atoms with Crippen LogP contribution in [0.2, 0.25) is 0 Å². The molecule has 0 aromatic rings. The quantitative estimate of drug-likeness (QED) is 0.240. The second-order valence-electron chi connectivity index (χ2n) is 9.20. The number of hydrogen-bond acceptors (Lipinski definition) is 5. The van der Waals surface area contributed by atoms with E-state index in [9.17, 15) is 9.59 Å². The van der Waals surface area contributed by atoms with Gasteiger partial charge in [-0.2, -0.15) is 13.5 Å². The fraction of sp³-hybridized carbons (Fsp3) is 0.667. The molecular weight excluding hydrogens is 554 g/mol. The number of amidine groups is 1. The average molecular weight is 593 g/mol. The molecule has 1 saturated heterocycles. The van der Waals surface area contributed by atoms with Gasteiger partial charge in [0.05, 0.1) is 16.3 Å². The fourth-order valence-corrected chi connectivity index (χ4v) is 6.03. The number of nitrogens with one attached hydrogen (secondary N) is 1. The molecule has 5 aliphatic rings. The molecule has 4 aliphatic carbocycles. The summed E-state index contributed by atoms with van der Waals surface area (Å²) < 4.78 is 0. The predicted molar refractivity (Wildman–Crippen MR) is 155 cm³/mol. The van der Waals surface area contributed by atoms with E-state index in [2.05, 4.69) is 50.5 Å². The molecule has 4 N–H and O–H groups in total. The van der Waals surface area contributed by atoms with E-state index < -0.39 is 10.8 Å². The first kappa shape index (κ1) is 31.2. The molecule has 10 heteroatoms. The van der Waals surface area contributed by atoms with Crippen LogP contribution in [0.1, 0.15) is 53.4 Å². The van der Waals surface area contributed by atoms with E-state index in [0.717, 1.165) is 41.7 Å². The van der Waals surface area contributed by atoms with Crippen molar-refractivity contribution < 1.29 is 14.7 Å². The summed E-state index contributed by atoms with van der Waals surface area (Å²) in [5.74, 6) is 3.04. The summed E-state index contributed by atoms with van der Waals surface area (Å²) in [7, 11) is 0. The third-order valence-electron chi connectivity index (χ3n) is 6.63. The Morgan fingerprint density at radius 1 is 1.24 bits per heavy atom. The van der Waals surface area contributed by atoms with Crippen molar-refractivity contribution in [2.24, 2.45) is 40.3 Å². The average Bonchev–Trinajstić information content (AvgIpc) is 3.52. The molecule has 1 aliphatic heterocycles. The van der Waals surface area contributed by atoms with Crippen LogP contribution in [0.25, 0.3) is 0 Å². The van der Waals surface area contributed by atoms with Gasteiger partial charge in [-0.3, -0.25) is 14.6 Å². The van der Waals surface area contributed by atoms with Crippen LogP contribution in [0, 0.1) is 29.6 Å². The molecule has 8 atom stereocenters. The van der Waals surface area contributed by atoms with Crippen molar-refractivity contribution in [3.8, 4) is 0 Å². The number of thioether (sulfide) groups is 1. The number of carbonyl (C=O) groups excluding carboxylic acids is 1. The Hall–Kier alpha value is -0.840. The largest absolute Gasteiger partial charge is 0.480 e. The van der Waals surface area contributed by atoms with E-state index in [1.807, 2.05) is 6.92 Å². The SMILES string of the molecule is C.CC(Br)C(=O)O.CC1SC(=NC2CC3C=CC2C3)NC1=O.NC(=S)CC1CC2C=CC1C2.S. The third kappa shape index (κ3) is 8.68. The van der Waals surface area contributed by atoms with Crippen LogP contribution in [0.4, 0.5) is 0 Å². The smallest absolute Gasteiger partial charge is 0.316 e. The predicted octanol–water partition coefficient (Wildman–Crippen LogP) is 5.04. The van der Waals surface area contributed by atoms with E-state index >= 15 is 0 Å². The lowest BCUT2D eigenvalue weighted by atomic mass is 9.91. The summed E-state index contributed by atoms with van der Waals surface area (Å²) >= 11 is 9.29. The molecule has 2 saturated carbocycles. The Balaban J connectivity index is 0.000000271. The first-order valence-corrected chi connectivity index (χ1v) is 13.4.